The van der Waals surface area contributed by atoms with Gasteiger partial charge in [0.15, 0.2) is 17.9 Å². The largest absolute Gasteiger partial charge is 0.489 e. The summed E-state index contributed by atoms with van der Waals surface area (Å²) >= 11 is 9.57. The van der Waals surface area contributed by atoms with Gasteiger partial charge in [-0.25, -0.2) is 17.6 Å². The number of H-pyrrole nitrogens is 1. The molecule has 0 amide bonds. The number of benzene rings is 1. The van der Waals surface area contributed by atoms with Gasteiger partial charge < -0.3 is 24.3 Å². The minimum atomic E-state index is -2.50. The smallest absolute Gasteiger partial charge is 0.297 e. The Morgan fingerprint density at radius 1 is 1.30 bits per heavy atom. The van der Waals surface area contributed by atoms with E-state index < -0.39 is 47.9 Å². The summed E-state index contributed by atoms with van der Waals surface area (Å²) in [4.78, 5) is 22.1. The average molecular weight is 700 g/mol. The van der Waals surface area contributed by atoms with Gasteiger partial charge in [-0.15, -0.1) is 0 Å². The van der Waals surface area contributed by atoms with Crippen LogP contribution in [0.15, 0.2) is 9.27 Å². The molecular formula is C28H36BrClF4N4O5. The van der Waals surface area contributed by atoms with Crippen LogP contribution in [-0.2, 0) is 9.47 Å². The van der Waals surface area contributed by atoms with Gasteiger partial charge in [-0.05, 0) is 61.5 Å². The van der Waals surface area contributed by atoms with Crippen molar-refractivity contribution >= 4 is 38.4 Å². The van der Waals surface area contributed by atoms with Crippen molar-refractivity contribution in [3.8, 4) is 11.8 Å². The monoisotopic (exact) mass is 698 g/mol. The van der Waals surface area contributed by atoms with E-state index in [9.17, 15) is 18.0 Å². The standard InChI is InChI=1S/C28H36BrClF4N4O5/c1-15(43-19-5-2-3-10-40-19)17(35-8-6-18(32)33)13-41-25-20-24(23(34)21(29)22(25)30)36-27(37-26(20)39)42-14-28-7-4-9-38(28)12-16(31)11-28/h15-19,35H,2-14H2,1H3,(H,36,37,39)/t15?,16-,17?,19?,28+/m1/s1. The number of hydrogen-bond donors (Lipinski definition) is 2. The van der Waals surface area contributed by atoms with E-state index in [-0.39, 0.29) is 58.3 Å². The van der Waals surface area contributed by atoms with E-state index in [0.29, 0.717) is 26.0 Å². The molecule has 5 rings (SSSR count). The number of aromatic amines is 1. The van der Waals surface area contributed by atoms with Crippen molar-refractivity contribution in [2.75, 3.05) is 39.5 Å². The van der Waals surface area contributed by atoms with Crippen LogP contribution in [0, 0.1) is 5.82 Å². The van der Waals surface area contributed by atoms with Crippen LogP contribution in [0.4, 0.5) is 17.6 Å². The molecule has 3 fully saturated rings. The first-order chi connectivity index (χ1) is 20.6. The lowest BCUT2D eigenvalue weighted by Gasteiger charge is -2.31. The van der Waals surface area contributed by atoms with Crippen molar-refractivity contribution in [2.24, 2.45) is 0 Å². The molecule has 3 unspecified atom stereocenters. The quantitative estimate of drug-likeness (QED) is 0.213. The van der Waals surface area contributed by atoms with Crippen LogP contribution in [0.2, 0.25) is 5.02 Å². The number of rotatable bonds is 13. The number of fused-ring (bicyclic) bond motifs is 2. The highest BCUT2D eigenvalue weighted by molar-refractivity contribution is 9.10. The summed E-state index contributed by atoms with van der Waals surface area (Å²) in [6.45, 7) is 3.36. The average Bonchev–Trinajstić information content (AvgIpc) is 3.50. The number of aromatic nitrogens is 2. The highest BCUT2D eigenvalue weighted by atomic mass is 79.9. The van der Waals surface area contributed by atoms with Crippen molar-refractivity contribution in [2.45, 2.75) is 88.4 Å². The van der Waals surface area contributed by atoms with Gasteiger partial charge in [-0.1, -0.05) is 11.6 Å². The molecule has 0 aliphatic carbocycles. The predicted octanol–water partition coefficient (Wildman–Crippen LogP) is 5.36. The van der Waals surface area contributed by atoms with Crippen LogP contribution in [0.1, 0.15) is 51.9 Å². The van der Waals surface area contributed by atoms with Crippen LogP contribution in [0.5, 0.6) is 11.8 Å². The summed E-state index contributed by atoms with van der Waals surface area (Å²) in [7, 11) is 0. The van der Waals surface area contributed by atoms with Gasteiger partial charge in [0.05, 0.1) is 22.2 Å². The normalized spacial score (nSPS) is 25.8. The number of ether oxygens (including phenoxy) is 4. The minimum Gasteiger partial charge on any atom is -0.489 e. The topological polar surface area (TPSA) is 97.9 Å². The maximum Gasteiger partial charge on any atom is 0.297 e. The molecule has 240 valence electrons. The van der Waals surface area contributed by atoms with E-state index in [1.807, 2.05) is 0 Å². The van der Waals surface area contributed by atoms with Crippen LogP contribution in [0.25, 0.3) is 10.9 Å². The van der Waals surface area contributed by atoms with Gasteiger partial charge in [-0.2, -0.15) is 4.98 Å². The van der Waals surface area contributed by atoms with Crippen molar-refractivity contribution in [3.05, 3.63) is 25.7 Å². The lowest BCUT2D eigenvalue weighted by Crippen LogP contribution is -2.46. The van der Waals surface area contributed by atoms with Crippen molar-refractivity contribution in [3.63, 3.8) is 0 Å². The van der Waals surface area contributed by atoms with Gasteiger partial charge >= 0.3 is 0 Å². The molecule has 15 heteroatoms. The second kappa shape index (κ2) is 14.2. The summed E-state index contributed by atoms with van der Waals surface area (Å²) in [6.07, 6.45) is -0.239. The number of alkyl halides is 3. The van der Waals surface area contributed by atoms with Crippen molar-refractivity contribution in [1.82, 2.24) is 20.2 Å². The summed E-state index contributed by atoms with van der Waals surface area (Å²) in [5.41, 5.74) is -1.57. The first-order valence-electron chi connectivity index (χ1n) is 14.6. The molecule has 3 aliphatic heterocycles. The number of hydrogen-bond acceptors (Lipinski definition) is 8. The van der Waals surface area contributed by atoms with E-state index in [2.05, 4.69) is 36.1 Å². The molecular weight excluding hydrogens is 664 g/mol. The summed E-state index contributed by atoms with van der Waals surface area (Å²) in [5.74, 6) is -1.02. The molecule has 1 aromatic heterocycles. The fourth-order valence-electron chi connectivity index (χ4n) is 6.15. The molecule has 4 heterocycles. The fraction of sp³-hybridized carbons (Fsp3) is 0.714. The van der Waals surface area contributed by atoms with E-state index in [4.69, 9.17) is 30.5 Å². The molecule has 5 atom stereocenters. The summed E-state index contributed by atoms with van der Waals surface area (Å²) in [5, 5.41) is 2.60. The predicted molar refractivity (Wildman–Crippen MR) is 156 cm³/mol. The Morgan fingerprint density at radius 2 is 2.12 bits per heavy atom. The Labute approximate surface area is 260 Å². The third-order valence-corrected chi connectivity index (χ3v) is 9.74. The zero-order valence-electron chi connectivity index (χ0n) is 23.8. The summed E-state index contributed by atoms with van der Waals surface area (Å²) in [6, 6.07) is -0.811. The lowest BCUT2D eigenvalue weighted by atomic mass is 9.95. The second-order valence-corrected chi connectivity index (χ2v) is 12.6. The lowest BCUT2D eigenvalue weighted by molar-refractivity contribution is -0.191. The number of halogens is 6. The molecule has 9 nitrogen and oxygen atoms in total. The molecule has 3 saturated heterocycles. The fourth-order valence-corrected chi connectivity index (χ4v) is 6.75. The van der Waals surface area contributed by atoms with Gasteiger partial charge in [0.1, 0.15) is 35.3 Å². The first-order valence-corrected chi connectivity index (χ1v) is 15.8. The molecule has 3 aliphatic rings. The van der Waals surface area contributed by atoms with Gasteiger partial charge in [-0.3, -0.25) is 14.7 Å². The highest BCUT2D eigenvalue weighted by Crippen LogP contribution is 2.42. The van der Waals surface area contributed by atoms with E-state index in [1.54, 1.807) is 6.92 Å². The molecule has 1 aromatic carbocycles. The van der Waals surface area contributed by atoms with Crippen molar-refractivity contribution in [1.29, 1.82) is 0 Å². The zero-order chi connectivity index (χ0) is 30.7. The molecule has 2 N–H and O–H groups in total. The van der Waals surface area contributed by atoms with E-state index in [0.717, 1.165) is 32.2 Å². The third-order valence-electron chi connectivity index (χ3n) is 8.40. The number of nitrogens with zero attached hydrogens (tertiary/aromatic N) is 2. The van der Waals surface area contributed by atoms with E-state index >= 15 is 4.39 Å². The maximum atomic E-state index is 15.4. The molecule has 0 bridgehead atoms. The van der Waals surface area contributed by atoms with Crippen LogP contribution < -0.4 is 20.3 Å². The summed E-state index contributed by atoms with van der Waals surface area (Å²) < 4.78 is 78.6. The Kier molecular flexibility index (Phi) is 10.8. The van der Waals surface area contributed by atoms with Gasteiger partial charge in [0, 0.05) is 32.5 Å². The SMILES string of the molecule is CC(OC1CCCCO1)C(COc1c(Cl)c(Br)c(F)c2nc(OC[C@@]34CCCN3C[C@H](F)C4)[nH]c(=O)c12)NCCC(F)F. The third kappa shape index (κ3) is 7.41. The van der Waals surface area contributed by atoms with Crippen LogP contribution in [0.3, 0.4) is 0 Å². The number of nitrogens with one attached hydrogen (secondary N) is 2. The Balaban J connectivity index is 1.37. The molecule has 0 saturated carbocycles. The second-order valence-electron chi connectivity index (χ2n) is 11.4. The first kappa shape index (κ1) is 32.7. The maximum absolute atomic E-state index is 15.4. The minimum absolute atomic E-state index is 0.0164. The molecule has 2 aromatic rings. The van der Waals surface area contributed by atoms with Crippen molar-refractivity contribution < 1.29 is 36.5 Å². The van der Waals surface area contributed by atoms with Gasteiger partial charge in [0.2, 0.25) is 6.43 Å². The Hall–Kier alpha value is -1.71. The van der Waals surface area contributed by atoms with Crippen LogP contribution in [-0.4, -0.2) is 90.9 Å². The van der Waals surface area contributed by atoms with E-state index in [1.165, 1.54) is 0 Å². The Bertz CT molecular complexity index is 1340. The molecule has 0 spiro atoms. The molecule has 0 radical (unpaired) electrons. The highest BCUT2D eigenvalue weighted by Gasteiger charge is 2.49. The van der Waals surface area contributed by atoms with Crippen LogP contribution >= 0.6 is 27.5 Å². The molecule has 43 heavy (non-hydrogen) atoms. The Morgan fingerprint density at radius 3 is 2.86 bits per heavy atom. The zero-order valence-corrected chi connectivity index (χ0v) is 26.1. The van der Waals surface area contributed by atoms with Gasteiger partial charge in [0.25, 0.3) is 11.6 Å².